The maximum absolute atomic E-state index is 11.3. The monoisotopic (exact) mass is 199 g/mol. The Morgan fingerprint density at radius 2 is 2.07 bits per heavy atom. The quantitative estimate of drug-likeness (QED) is 0.713. The summed E-state index contributed by atoms with van der Waals surface area (Å²) in [7, 11) is 1.79. The van der Waals surface area contributed by atoms with Crippen LogP contribution in [-0.4, -0.2) is 40.9 Å². The Hall–Kier alpha value is -0.900. The lowest BCUT2D eigenvalue weighted by Crippen LogP contribution is -2.52. The minimum absolute atomic E-state index is 0.0641. The smallest absolute Gasteiger partial charge is 0.321 e. The van der Waals surface area contributed by atoms with E-state index in [0.29, 0.717) is 12.3 Å². The summed E-state index contributed by atoms with van der Waals surface area (Å²) in [6.45, 7) is 4.03. The molecule has 0 saturated carbocycles. The average Bonchev–Trinajstić information content (AvgIpc) is 2.07. The second-order valence-electron chi connectivity index (χ2n) is 4.28. The van der Waals surface area contributed by atoms with Crippen molar-refractivity contribution in [2.45, 2.75) is 38.8 Å². The van der Waals surface area contributed by atoms with Crippen molar-refractivity contribution in [1.29, 1.82) is 0 Å². The van der Waals surface area contributed by atoms with E-state index in [9.17, 15) is 9.59 Å². The predicted molar refractivity (Wildman–Crippen MR) is 52.1 cm³/mol. The van der Waals surface area contributed by atoms with E-state index in [1.807, 2.05) is 18.7 Å². The molecule has 1 aliphatic rings. The van der Waals surface area contributed by atoms with Gasteiger partial charge in [-0.1, -0.05) is 13.8 Å². The standard InChI is InChI=1S/C10H17NO3/c1-6(2)8-4-7(12)5-9(10(13)14)11(8)3/h6,8-9H,4-5H2,1-3H3,(H,13,14). The second kappa shape index (κ2) is 4.09. The Kier molecular flexibility index (Phi) is 3.26. The highest BCUT2D eigenvalue weighted by Crippen LogP contribution is 2.24. The molecule has 1 fully saturated rings. The highest BCUT2D eigenvalue weighted by Gasteiger charge is 2.37. The van der Waals surface area contributed by atoms with Crippen LogP contribution in [0.2, 0.25) is 0 Å². The fourth-order valence-electron chi connectivity index (χ4n) is 2.02. The predicted octanol–water partition coefficient (Wildman–Crippen LogP) is 0.759. The Labute approximate surface area is 83.9 Å². The van der Waals surface area contributed by atoms with Crippen LogP contribution in [0.25, 0.3) is 0 Å². The fourth-order valence-corrected chi connectivity index (χ4v) is 2.02. The van der Waals surface area contributed by atoms with Crippen molar-refractivity contribution in [3.63, 3.8) is 0 Å². The molecule has 2 unspecified atom stereocenters. The molecule has 1 heterocycles. The maximum Gasteiger partial charge on any atom is 0.321 e. The summed E-state index contributed by atoms with van der Waals surface area (Å²) in [5, 5.41) is 8.93. The number of rotatable bonds is 2. The summed E-state index contributed by atoms with van der Waals surface area (Å²) in [6.07, 6.45) is 0.632. The van der Waals surface area contributed by atoms with Crippen LogP contribution in [0, 0.1) is 5.92 Å². The van der Waals surface area contributed by atoms with Crippen LogP contribution in [0.5, 0.6) is 0 Å². The molecule has 14 heavy (non-hydrogen) atoms. The number of hydrogen-bond acceptors (Lipinski definition) is 3. The van der Waals surface area contributed by atoms with Crippen molar-refractivity contribution < 1.29 is 14.7 Å². The number of ketones is 1. The number of likely N-dealkylation sites (N-methyl/N-ethyl adjacent to an activating group) is 1. The highest BCUT2D eigenvalue weighted by atomic mass is 16.4. The molecule has 1 aliphatic heterocycles. The van der Waals surface area contributed by atoms with E-state index in [0.717, 1.165) is 0 Å². The van der Waals surface area contributed by atoms with E-state index < -0.39 is 12.0 Å². The first-order chi connectivity index (χ1) is 6.43. The lowest BCUT2D eigenvalue weighted by atomic mass is 9.88. The average molecular weight is 199 g/mol. The van der Waals surface area contributed by atoms with E-state index >= 15 is 0 Å². The molecule has 0 aromatic carbocycles. The number of hydrogen-bond donors (Lipinski definition) is 1. The Balaban J connectivity index is 2.81. The fraction of sp³-hybridized carbons (Fsp3) is 0.800. The molecule has 2 atom stereocenters. The van der Waals surface area contributed by atoms with Crippen molar-refractivity contribution in [3.8, 4) is 0 Å². The summed E-state index contributed by atoms with van der Waals surface area (Å²) < 4.78 is 0. The van der Waals surface area contributed by atoms with Crippen molar-refractivity contribution in [2.24, 2.45) is 5.92 Å². The number of carboxylic acid groups (broad SMARTS) is 1. The molecule has 80 valence electrons. The van der Waals surface area contributed by atoms with Gasteiger partial charge >= 0.3 is 5.97 Å². The summed E-state index contributed by atoms with van der Waals surface area (Å²) in [5.41, 5.74) is 0. The van der Waals surface area contributed by atoms with E-state index in [1.165, 1.54) is 0 Å². The van der Waals surface area contributed by atoms with E-state index in [4.69, 9.17) is 5.11 Å². The first kappa shape index (κ1) is 11.2. The van der Waals surface area contributed by atoms with Gasteiger partial charge < -0.3 is 5.11 Å². The summed E-state index contributed by atoms with van der Waals surface area (Å²) in [6, 6.07) is -0.569. The Bertz CT molecular complexity index is 250. The first-order valence-corrected chi connectivity index (χ1v) is 4.90. The number of likely N-dealkylation sites (tertiary alicyclic amines) is 1. The van der Waals surface area contributed by atoms with Crippen molar-refractivity contribution >= 4 is 11.8 Å². The van der Waals surface area contributed by atoms with Gasteiger partial charge in [0, 0.05) is 18.9 Å². The molecule has 1 saturated heterocycles. The summed E-state index contributed by atoms with van der Waals surface area (Å²) in [4.78, 5) is 24.0. The largest absolute Gasteiger partial charge is 0.480 e. The van der Waals surface area contributed by atoms with E-state index in [1.54, 1.807) is 7.05 Å². The molecular weight excluding hydrogens is 182 g/mol. The number of carbonyl (C=O) groups is 2. The highest BCUT2D eigenvalue weighted by molar-refractivity contribution is 5.87. The zero-order valence-corrected chi connectivity index (χ0v) is 8.86. The molecule has 1 N–H and O–H groups in total. The van der Waals surface area contributed by atoms with Gasteiger partial charge in [0.2, 0.25) is 0 Å². The van der Waals surface area contributed by atoms with Gasteiger partial charge in [-0.15, -0.1) is 0 Å². The van der Waals surface area contributed by atoms with Crippen LogP contribution in [0.4, 0.5) is 0 Å². The number of aliphatic carboxylic acids is 1. The number of piperidine rings is 1. The van der Waals surface area contributed by atoms with Gasteiger partial charge in [0.1, 0.15) is 11.8 Å². The van der Waals surface area contributed by atoms with Gasteiger partial charge in [-0.05, 0) is 13.0 Å². The molecule has 0 amide bonds. The summed E-state index contributed by atoms with van der Waals surface area (Å²) >= 11 is 0. The lowest BCUT2D eigenvalue weighted by Gasteiger charge is -2.38. The van der Waals surface area contributed by atoms with Gasteiger partial charge in [0.05, 0.1) is 0 Å². The number of carbonyl (C=O) groups excluding carboxylic acids is 1. The van der Waals surface area contributed by atoms with Crippen molar-refractivity contribution in [3.05, 3.63) is 0 Å². The minimum atomic E-state index is -0.897. The molecule has 1 rings (SSSR count). The van der Waals surface area contributed by atoms with E-state index in [-0.39, 0.29) is 18.2 Å². The van der Waals surface area contributed by atoms with Gasteiger partial charge in [-0.2, -0.15) is 0 Å². The van der Waals surface area contributed by atoms with Crippen molar-refractivity contribution in [1.82, 2.24) is 4.90 Å². The summed E-state index contributed by atoms with van der Waals surface area (Å²) in [5.74, 6) is -0.522. The van der Waals surface area contributed by atoms with Crippen LogP contribution in [0.15, 0.2) is 0 Å². The van der Waals surface area contributed by atoms with Gasteiger partial charge in [-0.25, -0.2) is 0 Å². The number of carboxylic acids is 1. The molecule has 4 heteroatoms. The maximum atomic E-state index is 11.3. The second-order valence-corrected chi connectivity index (χ2v) is 4.28. The first-order valence-electron chi connectivity index (χ1n) is 4.90. The molecule has 0 aromatic rings. The number of Topliss-reactive ketones (excluding diaryl/α,β-unsaturated/α-hetero) is 1. The van der Waals surface area contributed by atoms with Gasteiger partial charge in [0.15, 0.2) is 0 Å². The zero-order chi connectivity index (χ0) is 10.9. The third kappa shape index (κ3) is 2.12. The van der Waals surface area contributed by atoms with Crippen LogP contribution in [-0.2, 0) is 9.59 Å². The van der Waals surface area contributed by atoms with Crippen LogP contribution < -0.4 is 0 Å². The third-order valence-electron chi connectivity index (χ3n) is 2.93. The van der Waals surface area contributed by atoms with Crippen LogP contribution in [0.1, 0.15) is 26.7 Å². The zero-order valence-electron chi connectivity index (χ0n) is 8.86. The molecular formula is C10H17NO3. The normalized spacial score (nSPS) is 29.6. The Morgan fingerprint density at radius 1 is 1.50 bits per heavy atom. The lowest BCUT2D eigenvalue weighted by molar-refractivity contribution is -0.149. The SMILES string of the molecule is CC(C)C1CC(=O)CC(C(=O)O)N1C. The van der Waals surface area contributed by atoms with Gasteiger partial charge in [-0.3, -0.25) is 14.5 Å². The molecule has 0 bridgehead atoms. The van der Waals surface area contributed by atoms with Crippen LogP contribution >= 0.6 is 0 Å². The van der Waals surface area contributed by atoms with Gasteiger partial charge in [0.25, 0.3) is 0 Å². The Morgan fingerprint density at radius 3 is 2.50 bits per heavy atom. The van der Waals surface area contributed by atoms with E-state index in [2.05, 4.69) is 0 Å². The van der Waals surface area contributed by atoms with Crippen LogP contribution in [0.3, 0.4) is 0 Å². The molecule has 0 aliphatic carbocycles. The molecule has 4 nitrogen and oxygen atoms in total. The molecule has 0 radical (unpaired) electrons. The topological polar surface area (TPSA) is 57.6 Å². The van der Waals surface area contributed by atoms with Crippen molar-refractivity contribution in [2.75, 3.05) is 7.05 Å². The number of nitrogens with zero attached hydrogens (tertiary/aromatic N) is 1. The third-order valence-corrected chi connectivity index (χ3v) is 2.93. The molecule has 0 spiro atoms. The molecule has 0 aromatic heterocycles. The minimum Gasteiger partial charge on any atom is -0.480 e.